The Morgan fingerprint density at radius 1 is 1.32 bits per heavy atom. The van der Waals surface area contributed by atoms with E-state index in [1.165, 1.54) is 19.5 Å². The van der Waals surface area contributed by atoms with Gasteiger partial charge in [-0.25, -0.2) is 0 Å². The van der Waals surface area contributed by atoms with Crippen molar-refractivity contribution < 1.29 is 19.0 Å². The summed E-state index contributed by atoms with van der Waals surface area (Å²) in [5.41, 5.74) is 8.63. The molecule has 0 bridgehead atoms. The van der Waals surface area contributed by atoms with Crippen molar-refractivity contribution in [1.29, 1.82) is 0 Å². The molecule has 104 valence electrons. The van der Waals surface area contributed by atoms with Crippen LogP contribution in [0.5, 0.6) is 0 Å². The molecule has 0 aliphatic carbocycles. The van der Waals surface area contributed by atoms with Crippen molar-refractivity contribution in [3.05, 3.63) is 47.8 Å². The minimum atomic E-state index is -1.85. The molecule has 6 nitrogen and oxygen atoms in total. The predicted molar refractivity (Wildman–Crippen MR) is 67.9 cm³/mol. The summed E-state index contributed by atoms with van der Waals surface area (Å²) in [6, 6.07) is 4.91. The molecular formula is C13H18N2O4. The highest BCUT2D eigenvalue weighted by atomic mass is 16.4. The van der Waals surface area contributed by atoms with Gasteiger partial charge in [0.15, 0.2) is 0 Å². The highest BCUT2D eigenvalue weighted by Gasteiger charge is 2.55. The van der Waals surface area contributed by atoms with E-state index in [1.807, 2.05) is 0 Å². The molecular weight excluding hydrogens is 248 g/mol. The summed E-state index contributed by atoms with van der Waals surface area (Å²) in [6.07, 6.45) is 1.30. The van der Waals surface area contributed by atoms with Crippen LogP contribution in [0.4, 0.5) is 0 Å². The van der Waals surface area contributed by atoms with Crippen molar-refractivity contribution in [2.45, 2.75) is 31.2 Å². The number of aliphatic hydroxyl groups excluding tert-OH is 1. The fraction of sp³-hybridized carbons (Fsp3) is 0.385. The van der Waals surface area contributed by atoms with Gasteiger partial charge in [0.25, 0.3) is 0 Å². The number of hydrogen-bond acceptors (Lipinski definition) is 6. The maximum atomic E-state index is 10.4. The summed E-state index contributed by atoms with van der Waals surface area (Å²) >= 11 is 0. The van der Waals surface area contributed by atoms with Gasteiger partial charge in [-0.2, -0.15) is 0 Å². The molecule has 0 saturated carbocycles. The lowest BCUT2D eigenvalue weighted by atomic mass is 9.70. The molecule has 2 heterocycles. The lowest BCUT2D eigenvalue weighted by molar-refractivity contribution is -0.0681. The number of nitrogens with two attached hydrogens (primary N) is 2. The normalized spacial score (nSPS) is 19.7. The van der Waals surface area contributed by atoms with Gasteiger partial charge >= 0.3 is 0 Å². The van der Waals surface area contributed by atoms with Gasteiger partial charge in [-0.05, 0) is 32.0 Å². The largest absolute Gasteiger partial charge is 0.472 e. The molecule has 2 rings (SSSR count). The molecule has 0 fully saturated rings. The van der Waals surface area contributed by atoms with Crippen molar-refractivity contribution in [2.75, 3.05) is 0 Å². The third kappa shape index (κ3) is 1.98. The van der Waals surface area contributed by atoms with Crippen LogP contribution in [0.2, 0.25) is 0 Å². The molecule has 3 atom stereocenters. The van der Waals surface area contributed by atoms with Crippen molar-refractivity contribution in [3.8, 4) is 0 Å². The van der Waals surface area contributed by atoms with Crippen molar-refractivity contribution in [2.24, 2.45) is 11.5 Å². The minimum Gasteiger partial charge on any atom is -0.472 e. The zero-order valence-corrected chi connectivity index (χ0v) is 10.8. The fourth-order valence-electron chi connectivity index (χ4n) is 2.44. The van der Waals surface area contributed by atoms with Crippen LogP contribution in [-0.4, -0.2) is 22.2 Å². The van der Waals surface area contributed by atoms with Gasteiger partial charge in [0.1, 0.15) is 28.9 Å². The van der Waals surface area contributed by atoms with Crippen LogP contribution in [-0.2, 0) is 5.41 Å². The highest BCUT2D eigenvalue weighted by Crippen LogP contribution is 2.42. The molecule has 0 saturated heterocycles. The van der Waals surface area contributed by atoms with E-state index in [1.54, 1.807) is 25.1 Å². The molecule has 2 aromatic heterocycles. The van der Waals surface area contributed by atoms with Crippen LogP contribution in [0.3, 0.4) is 0 Å². The third-order valence-corrected chi connectivity index (χ3v) is 3.35. The van der Waals surface area contributed by atoms with Gasteiger partial charge in [-0.15, -0.1) is 0 Å². The first-order valence-corrected chi connectivity index (χ1v) is 5.84. The van der Waals surface area contributed by atoms with Crippen molar-refractivity contribution in [3.63, 3.8) is 0 Å². The van der Waals surface area contributed by atoms with Crippen molar-refractivity contribution in [1.82, 2.24) is 0 Å². The van der Waals surface area contributed by atoms with E-state index < -0.39 is 17.4 Å². The van der Waals surface area contributed by atoms with Gasteiger partial charge < -0.3 is 30.5 Å². The Morgan fingerprint density at radius 2 is 2.00 bits per heavy atom. The van der Waals surface area contributed by atoms with Crippen LogP contribution in [0.15, 0.2) is 39.6 Å². The van der Waals surface area contributed by atoms with E-state index in [2.05, 4.69) is 0 Å². The quantitative estimate of drug-likeness (QED) is 0.595. The number of hydrogen-bond donors (Lipinski definition) is 4. The van der Waals surface area contributed by atoms with Gasteiger partial charge in [0, 0.05) is 5.56 Å². The molecule has 0 aliphatic heterocycles. The molecule has 0 aromatic carbocycles. The van der Waals surface area contributed by atoms with E-state index in [4.69, 9.17) is 20.3 Å². The summed E-state index contributed by atoms with van der Waals surface area (Å²) in [7, 11) is 0. The monoisotopic (exact) mass is 266 g/mol. The Labute approximate surface area is 110 Å². The molecule has 6 heteroatoms. The van der Waals surface area contributed by atoms with E-state index >= 15 is 0 Å². The summed E-state index contributed by atoms with van der Waals surface area (Å²) in [5, 5.41) is 20.4. The second kappa shape index (κ2) is 4.50. The molecule has 19 heavy (non-hydrogen) atoms. The van der Waals surface area contributed by atoms with Gasteiger partial charge in [-0.1, -0.05) is 0 Å². The Balaban J connectivity index is 2.74. The highest BCUT2D eigenvalue weighted by molar-refractivity contribution is 5.38. The second-order valence-corrected chi connectivity index (χ2v) is 4.82. The van der Waals surface area contributed by atoms with Crippen LogP contribution >= 0.6 is 0 Å². The summed E-state index contributed by atoms with van der Waals surface area (Å²) in [6.45, 7) is 3.10. The molecule has 0 aliphatic rings. The zero-order valence-electron chi connectivity index (χ0n) is 10.8. The molecule has 6 N–H and O–H groups in total. The molecule has 0 amide bonds. The number of aryl methyl sites for hydroxylation is 1. The van der Waals surface area contributed by atoms with Gasteiger partial charge in [0.05, 0.1) is 12.5 Å². The smallest absolute Gasteiger partial charge is 0.137 e. The topological polar surface area (TPSA) is 119 Å². The van der Waals surface area contributed by atoms with E-state index in [-0.39, 0.29) is 5.76 Å². The SMILES string of the molecule is Cc1ccc(C(c2ccoc2)(C(N)O)C(C)(N)O)o1. The lowest BCUT2D eigenvalue weighted by Gasteiger charge is -2.42. The Morgan fingerprint density at radius 3 is 2.37 bits per heavy atom. The van der Waals surface area contributed by atoms with E-state index in [0.717, 1.165) is 0 Å². The van der Waals surface area contributed by atoms with Crippen LogP contribution in [0.25, 0.3) is 0 Å². The summed E-state index contributed by atoms with van der Waals surface area (Å²) in [4.78, 5) is 0. The van der Waals surface area contributed by atoms with E-state index in [9.17, 15) is 10.2 Å². The first kappa shape index (κ1) is 13.8. The van der Waals surface area contributed by atoms with E-state index in [0.29, 0.717) is 11.3 Å². The van der Waals surface area contributed by atoms with Gasteiger partial charge in [0.2, 0.25) is 0 Å². The van der Waals surface area contributed by atoms with Crippen LogP contribution in [0, 0.1) is 6.92 Å². The molecule has 0 radical (unpaired) electrons. The average molecular weight is 266 g/mol. The Bertz CT molecular complexity index is 539. The maximum Gasteiger partial charge on any atom is 0.137 e. The molecule has 0 spiro atoms. The summed E-state index contributed by atoms with van der Waals surface area (Å²) in [5.74, 6) is 0.890. The standard InChI is InChI=1S/C13H18N2O4/c1-8-3-4-10(19-8)13(11(14)16,12(2,15)17)9-5-6-18-7-9/h3-7,11,16-17H,14-15H2,1-2H3. The van der Waals surface area contributed by atoms with Gasteiger partial charge in [-0.3, -0.25) is 0 Å². The minimum absolute atomic E-state index is 0.272. The second-order valence-electron chi connectivity index (χ2n) is 4.82. The first-order valence-electron chi connectivity index (χ1n) is 5.84. The maximum absolute atomic E-state index is 10.4. The Kier molecular flexibility index (Phi) is 3.27. The molecule has 2 aromatic rings. The van der Waals surface area contributed by atoms with Crippen LogP contribution < -0.4 is 11.5 Å². The zero-order chi connectivity index (χ0) is 14.3. The lowest BCUT2D eigenvalue weighted by Crippen LogP contribution is -2.65. The van der Waals surface area contributed by atoms with Crippen LogP contribution in [0.1, 0.15) is 24.0 Å². The number of furan rings is 2. The summed E-state index contributed by atoms with van der Waals surface area (Å²) < 4.78 is 10.6. The number of aliphatic hydroxyl groups is 2. The Hall–Kier alpha value is -1.60. The third-order valence-electron chi connectivity index (χ3n) is 3.35. The average Bonchev–Trinajstić information content (AvgIpc) is 2.89. The molecule has 3 unspecified atom stereocenters. The number of rotatable bonds is 4. The fourth-order valence-corrected chi connectivity index (χ4v) is 2.44. The predicted octanol–water partition coefficient (Wildman–Crippen LogP) is 0.411. The first-order chi connectivity index (χ1) is 8.80. The van der Waals surface area contributed by atoms with Crippen molar-refractivity contribution >= 4 is 0 Å².